The molecule has 2 aromatic carbocycles. The topological polar surface area (TPSA) is 72.8 Å². The van der Waals surface area contributed by atoms with Crippen molar-refractivity contribution in [2.75, 3.05) is 0 Å². The summed E-state index contributed by atoms with van der Waals surface area (Å²) < 4.78 is 90.9. The summed E-state index contributed by atoms with van der Waals surface area (Å²) in [5.74, 6) is -6.14. The number of hydrogen-bond donors (Lipinski definition) is 0. The number of alkyl halides is 5. The lowest BCUT2D eigenvalue weighted by Crippen LogP contribution is -2.37. The first-order chi connectivity index (χ1) is 11.9. The van der Waals surface area contributed by atoms with Crippen molar-refractivity contribution >= 4 is 32.4 Å². The minimum Gasteiger partial charge on any atom is -0.293 e. The van der Waals surface area contributed by atoms with Gasteiger partial charge in [-0.25, -0.2) is 0 Å². The van der Waals surface area contributed by atoms with E-state index >= 15 is 0 Å². The first kappa shape index (κ1) is 19.8. The Bertz CT molecular complexity index is 978. The van der Waals surface area contributed by atoms with Gasteiger partial charge in [-0.15, -0.1) is 0 Å². The van der Waals surface area contributed by atoms with Crippen LogP contribution in [-0.4, -0.2) is 31.3 Å². The summed E-state index contributed by atoms with van der Waals surface area (Å²) in [6, 6.07) is 9.79. The Morgan fingerprint density at radius 2 is 1.58 bits per heavy atom. The average Bonchev–Trinajstić information content (AvgIpc) is 2.53. The summed E-state index contributed by atoms with van der Waals surface area (Å²) in [4.78, 5) is 11.3. The van der Waals surface area contributed by atoms with Crippen molar-refractivity contribution in [2.45, 2.75) is 18.4 Å². The van der Waals surface area contributed by atoms with E-state index in [2.05, 4.69) is 9.44 Å². The van der Waals surface area contributed by atoms with Crippen molar-refractivity contribution in [1.29, 1.82) is 0 Å². The van der Waals surface area contributed by atoms with Gasteiger partial charge in [0.1, 0.15) is 0 Å². The molecule has 0 fully saturated rings. The molecule has 0 radical (unpaired) electrons. The molecule has 0 aliphatic rings. The highest BCUT2D eigenvalue weighted by atomic mass is 32.2. The third-order valence-electron chi connectivity index (χ3n) is 3.29. The lowest BCUT2D eigenvalue weighted by atomic mass is 9.96. The zero-order valence-electron chi connectivity index (χ0n) is 12.9. The Balaban J connectivity index is 2.70. The molecule has 0 saturated heterocycles. The number of rotatable bonds is 5. The van der Waals surface area contributed by atoms with Gasteiger partial charge in [0.2, 0.25) is 5.78 Å². The fourth-order valence-corrected chi connectivity index (χ4v) is 2.26. The molecule has 0 bridgehead atoms. The van der Waals surface area contributed by atoms with Crippen LogP contribution < -0.4 is 0 Å². The largest absolute Gasteiger partial charge is 0.536 e. The Labute approximate surface area is 144 Å². The number of benzene rings is 2. The smallest absolute Gasteiger partial charge is 0.293 e. The van der Waals surface area contributed by atoms with E-state index in [1.165, 1.54) is 30.3 Å². The van der Waals surface area contributed by atoms with Crippen molar-refractivity contribution in [3.63, 3.8) is 0 Å². The summed E-state index contributed by atoms with van der Waals surface area (Å²) in [5, 5.41) is 3.04. The fraction of sp³-hybridized carbons (Fsp3) is 0.200. The Kier molecular flexibility index (Phi) is 5.04. The standard InChI is InChI=1S/C15H10F5NO4S/c1-9(22)14(16,17)13(21-25-26(23,24)15(18,19)20)12-8-4-6-10-5-2-3-7-11(10)12/h2-8H,1H3. The second kappa shape index (κ2) is 6.63. The van der Waals surface area contributed by atoms with Gasteiger partial charge in [-0.1, -0.05) is 47.6 Å². The van der Waals surface area contributed by atoms with Crippen LogP contribution in [0.25, 0.3) is 10.8 Å². The number of carbonyl (C=O) groups excluding carboxylic acids is 1. The molecule has 0 saturated carbocycles. The second-order valence-corrected chi connectivity index (χ2v) is 6.59. The maximum absolute atomic E-state index is 14.3. The molecule has 2 aromatic rings. The molecular weight excluding hydrogens is 385 g/mol. The number of fused-ring (bicyclic) bond motifs is 1. The Morgan fingerprint density at radius 3 is 2.15 bits per heavy atom. The lowest BCUT2D eigenvalue weighted by molar-refractivity contribution is -0.132. The average molecular weight is 395 g/mol. The molecular formula is C15H10F5NO4S. The van der Waals surface area contributed by atoms with Gasteiger partial charge in [-0.2, -0.15) is 30.4 Å². The number of Topliss-reactive ketones (excluding diaryl/α,β-unsaturated/α-hetero) is 1. The van der Waals surface area contributed by atoms with Gasteiger partial charge in [0, 0.05) is 12.5 Å². The molecule has 11 heteroatoms. The van der Waals surface area contributed by atoms with Crippen molar-refractivity contribution in [3.05, 3.63) is 48.0 Å². The molecule has 0 heterocycles. The maximum Gasteiger partial charge on any atom is 0.536 e. The van der Waals surface area contributed by atoms with Gasteiger partial charge in [-0.3, -0.25) is 9.08 Å². The number of nitrogens with zero attached hydrogens (tertiary/aromatic N) is 1. The van der Waals surface area contributed by atoms with E-state index in [4.69, 9.17) is 0 Å². The molecule has 26 heavy (non-hydrogen) atoms. The molecule has 0 spiro atoms. The third-order valence-corrected chi connectivity index (χ3v) is 4.13. The summed E-state index contributed by atoms with van der Waals surface area (Å²) in [6.07, 6.45) is 0. The van der Waals surface area contributed by atoms with Crippen molar-refractivity contribution in [3.8, 4) is 0 Å². The van der Waals surface area contributed by atoms with Gasteiger partial charge >= 0.3 is 21.5 Å². The monoisotopic (exact) mass is 395 g/mol. The second-order valence-electron chi connectivity index (χ2n) is 5.07. The quantitative estimate of drug-likeness (QED) is 0.335. The summed E-state index contributed by atoms with van der Waals surface area (Å²) in [5.41, 5.74) is -7.86. The van der Waals surface area contributed by atoms with E-state index in [1.54, 1.807) is 6.07 Å². The first-order valence-electron chi connectivity index (χ1n) is 6.83. The zero-order valence-corrected chi connectivity index (χ0v) is 13.7. The van der Waals surface area contributed by atoms with Gasteiger partial charge in [0.05, 0.1) is 0 Å². The summed E-state index contributed by atoms with van der Waals surface area (Å²) >= 11 is 0. The van der Waals surface area contributed by atoms with Gasteiger partial charge in [0.25, 0.3) is 0 Å². The van der Waals surface area contributed by atoms with Crippen LogP contribution in [0.1, 0.15) is 12.5 Å². The minimum atomic E-state index is -6.27. The van der Waals surface area contributed by atoms with E-state index in [-0.39, 0.29) is 5.39 Å². The summed E-state index contributed by atoms with van der Waals surface area (Å²) in [7, 11) is -6.27. The molecule has 2 rings (SSSR count). The van der Waals surface area contributed by atoms with Crippen LogP contribution in [0.15, 0.2) is 47.6 Å². The number of hydrogen-bond acceptors (Lipinski definition) is 5. The highest BCUT2D eigenvalue weighted by Gasteiger charge is 2.50. The number of halogens is 5. The molecule has 0 aliphatic heterocycles. The van der Waals surface area contributed by atoms with E-state index < -0.39 is 38.6 Å². The molecule has 0 unspecified atom stereocenters. The predicted molar refractivity (Wildman–Crippen MR) is 82.2 cm³/mol. The first-order valence-corrected chi connectivity index (χ1v) is 8.24. The van der Waals surface area contributed by atoms with Crippen LogP contribution >= 0.6 is 0 Å². The predicted octanol–water partition coefficient (Wildman–Crippen LogP) is 3.63. The Morgan fingerprint density at radius 1 is 1.00 bits per heavy atom. The van der Waals surface area contributed by atoms with Crippen LogP contribution in [0, 0.1) is 0 Å². The highest BCUT2D eigenvalue weighted by molar-refractivity contribution is 7.87. The molecule has 140 valence electrons. The zero-order chi connectivity index (χ0) is 19.8. The van der Waals surface area contributed by atoms with Crippen LogP contribution in [0.3, 0.4) is 0 Å². The van der Waals surface area contributed by atoms with Gasteiger partial charge < -0.3 is 0 Å². The van der Waals surface area contributed by atoms with E-state index in [1.807, 2.05) is 0 Å². The molecule has 0 atom stereocenters. The number of carbonyl (C=O) groups is 1. The van der Waals surface area contributed by atoms with E-state index in [9.17, 15) is 35.2 Å². The van der Waals surface area contributed by atoms with Crippen molar-refractivity contribution < 1.29 is 39.4 Å². The van der Waals surface area contributed by atoms with Crippen molar-refractivity contribution in [2.24, 2.45) is 5.16 Å². The molecule has 0 N–H and O–H groups in total. The van der Waals surface area contributed by atoms with Gasteiger partial charge in [0.15, 0.2) is 5.71 Å². The molecule has 5 nitrogen and oxygen atoms in total. The van der Waals surface area contributed by atoms with Crippen LogP contribution in [0.5, 0.6) is 0 Å². The minimum absolute atomic E-state index is 0.114. The van der Waals surface area contributed by atoms with Crippen molar-refractivity contribution in [1.82, 2.24) is 0 Å². The molecule has 0 amide bonds. The van der Waals surface area contributed by atoms with Crippen LogP contribution in [-0.2, 0) is 19.2 Å². The highest BCUT2D eigenvalue weighted by Crippen LogP contribution is 2.30. The lowest BCUT2D eigenvalue weighted by Gasteiger charge is -2.17. The Hall–Kier alpha value is -2.56. The normalized spacial score (nSPS) is 13.7. The SMILES string of the molecule is CC(=O)C(F)(F)C(=NOS(=O)(=O)C(F)(F)F)c1cccc2ccccc12. The maximum atomic E-state index is 14.3. The number of oxime groups is 1. The molecule has 0 aliphatic carbocycles. The van der Waals surface area contributed by atoms with E-state index in [0.29, 0.717) is 12.3 Å². The van der Waals surface area contributed by atoms with Gasteiger partial charge in [-0.05, 0) is 10.8 Å². The molecule has 0 aromatic heterocycles. The van der Waals surface area contributed by atoms with Crippen LogP contribution in [0.2, 0.25) is 0 Å². The van der Waals surface area contributed by atoms with Crippen LogP contribution in [0.4, 0.5) is 22.0 Å². The number of ketones is 1. The third kappa shape index (κ3) is 3.66. The summed E-state index contributed by atoms with van der Waals surface area (Å²) in [6.45, 7) is 0.485. The fourth-order valence-electron chi connectivity index (χ4n) is 2.00. The van der Waals surface area contributed by atoms with E-state index in [0.717, 1.165) is 6.07 Å².